The van der Waals surface area contributed by atoms with Crippen molar-refractivity contribution in [1.29, 1.82) is 0 Å². The van der Waals surface area contributed by atoms with Crippen LogP contribution in [0.1, 0.15) is 18.5 Å². The molecule has 11 heavy (non-hydrogen) atoms. The van der Waals surface area contributed by atoms with Gasteiger partial charge in [0.15, 0.2) is 0 Å². The highest BCUT2D eigenvalue weighted by Gasteiger charge is 2.02. The van der Waals surface area contributed by atoms with E-state index < -0.39 is 0 Å². The van der Waals surface area contributed by atoms with Crippen molar-refractivity contribution in [2.24, 2.45) is 5.73 Å². The lowest BCUT2D eigenvalue weighted by molar-refractivity contribution is 0.804. The Morgan fingerprint density at radius 1 is 1.64 bits per heavy atom. The summed E-state index contributed by atoms with van der Waals surface area (Å²) < 4.78 is 0.838. The Hall–Kier alpha value is -0.120. The summed E-state index contributed by atoms with van der Waals surface area (Å²) in [6.45, 7) is 1.93. The van der Waals surface area contributed by atoms with Crippen LogP contribution in [0.3, 0.4) is 0 Å². The maximum atomic E-state index is 5.64. The summed E-state index contributed by atoms with van der Waals surface area (Å²) in [5.41, 5.74) is 6.69. The molecule has 0 amide bonds. The third-order valence-corrected chi connectivity index (χ3v) is 1.94. The molecule has 4 heteroatoms. The molecule has 1 aromatic rings. The summed E-state index contributed by atoms with van der Waals surface area (Å²) in [6, 6.07) is 3.88. The summed E-state index contributed by atoms with van der Waals surface area (Å²) in [5.74, 6) is 0. The van der Waals surface area contributed by atoms with E-state index in [1.165, 1.54) is 0 Å². The maximum Gasteiger partial charge on any atom is 0.110 e. The number of hydrogen-bond donors (Lipinski definition) is 1. The van der Waals surface area contributed by atoms with Crippen molar-refractivity contribution in [1.82, 2.24) is 4.98 Å². The van der Waals surface area contributed by atoms with Crippen molar-refractivity contribution in [2.45, 2.75) is 13.0 Å². The van der Waals surface area contributed by atoms with Gasteiger partial charge in [-0.25, -0.2) is 4.98 Å². The van der Waals surface area contributed by atoms with Crippen molar-refractivity contribution in [2.75, 3.05) is 0 Å². The Morgan fingerprint density at radius 3 is 2.64 bits per heavy atom. The molecule has 62 valence electrons. The van der Waals surface area contributed by atoms with Gasteiger partial charge in [-0.1, -0.05) is 6.07 Å². The highest BCUT2D eigenvalue weighted by atomic mass is 79.9. The zero-order chi connectivity index (χ0) is 7.56. The lowest BCUT2D eigenvalue weighted by atomic mass is 10.2. The molecule has 0 aromatic carbocycles. The van der Waals surface area contributed by atoms with E-state index in [1.54, 1.807) is 6.20 Å². The van der Waals surface area contributed by atoms with Crippen LogP contribution in [-0.2, 0) is 0 Å². The first-order valence-electron chi connectivity index (χ1n) is 3.08. The first kappa shape index (κ1) is 10.9. The summed E-state index contributed by atoms with van der Waals surface area (Å²) in [6.07, 6.45) is 1.73. The van der Waals surface area contributed by atoms with E-state index in [9.17, 15) is 0 Å². The molecule has 2 nitrogen and oxygen atoms in total. The second kappa shape index (κ2) is 4.70. The van der Waals surface area contributed by atoms with E-state index in [1.807, 2.05) is 19.1 Å². The standard InChI is InChI=1S/C7H9BrN2.ClH/c1-5(9)6-3-2-4-10-7(6)8;/h2-5H,9H2,1H3;1H/t5-;/m0./s1. The van der Waals surface area contributed by atoms with E-state index in [0.29, 0.717) is 0 Å². The number of pyridine rings is 1. The molecule has 0 aliphatic carbocycles. The van der Waals surface area contributed by atoms with Crippen molar-refractivity contribution >= 4 is 28.3 Å². The number of halogens is 2. The molecule has 0 aliphatic heterocycles. The van der Waals surface area contributed by atoms with E-state index in [4.69, 9.17) is 5.73 Å². The number of nitrogens with two attached hydrogens (primary N) is 1. The molecule has 1 heterocycles. The van der Waals surface area contributed by atoms with E-state index in [-0.39, 0.29) is 18.4 Å². The predicted octanol–water partition coefficient (Wildman–Crippen LogP) is 2.29. The van der Waals surface area contributed by atoms with Crippen molar-refractivity contribution < 1.29 is 0 Å². The Bertz CT molecular complexity index is 227. The fraction of sp³-hybridized carbons (Fsp3) is 0.286. The average Bonchev–Trinajstić information content (AvgIpc) is 1.88. The fourth-order valence-electron chi connectivity index (χ4n) is 0.738. The maximum absolute atomic E-state index is 5.64. The minimum Gasteiger partial charge on any atom is -0.324 e. The van der Waals surface area contributed by atoms with Gasteiger partial charge in [-0.05, 0) is 28.9 Å². The highest BCUT2D eigenvalue weighted by molar-refractivity contribution is 9.10. The summed E-state index contributed by atoms with van der Waals surface area (Å²) in [5, 5.41) is 0. The minimum absolute atomic E-state index is 0. The van der Waals surface area contributed by atoms with Gasteiger partial charge >= 0.3 is 0 Å². The molecule has 0 spiro atoms. The van der Waals surface area contributed by atoms with Gasteiger partial charge in [-0.2, -0.15) is 0 Å². The van der Waals surface area contributed by atoms with Crippen LogP contribution >= 0.6 is 28.3 Å². The van der Waals surface area contributed by atoms with Gasteiger partial charge in [0.1, 0.15) is 4.60 Å². The van der Waals surface area contributed by atoms with Crippen LogP contribution in [0.2, 0.25) is 0 Å². The van der Waals surface area contributed by atoms with Crippen molar-refractivity contribution in [3.63, 3.8) is 0 Å². The highest BCUT2D eigenvalue weighted by Crippen LogP contribution is 2.17. The lowest BCUT2D eigenvalue weighted by Crippen LogP contribution is -2.05. The average molecular weight is 238 g/mol. The molecule has 0 saturated heterocycles. The van der Waals surface area contributed by atoms with Crippen LogP contribution < -0.4 is 5.73 Å². The van der Waals surface area contributed by atoms with Gasteiger partial charge in [0.05, 0.1) is 0 Å². The number of aromatic nitrogens is 1. The number of rotatable bonds is 1. The van der Waals surface area contributed by atoms with Crippen LogP contribution in [0, 0.1) is 0 Å². The third kappa shape index (κ3) is 2.77. The Balaban J connectivity index is 0.000001000. The SMILES string of the molecule is C[C@H](N)c1cccnc1Br.Cl. The molecule has 0 unspecified atom stereocenters. The monoisotopic (exact) mass is 236 g/mol. The molecule has 0 fully saturated rings. The van der Waals surface area contributed by atoms with Gasteiger partial charge < -0.3 is 5.73 Å². The molecule has 1 rings (SSSR count). The Kier molecular flexibility index (Phi) is 4.65. The van der Waals surface area contributed by atoms with Crippen LogP contribution in [0.5, 0.6) is 0 Å². The molecule has 2 N–H and O–H groups in total. The quantitative estimate of drug-likeness (QED) is 0.761. The Morgan fingerprint density at radius 2 is 2.27 bits per heavy atom. The van der Waals surface area contributed by atoms with Gasteiger partial charge in [0, 0.05) is 17.8 Å². The molecule has 0 aliphatic rings. The normalized spacial score (nSPS) is 11.9. The van der Waals surface area contributed by atoms with Gasteiger partial charge in [-0.3, -0.25) is 0 Å². The van der Waals surface area contributed by atoms with E-state index >= 15 is 0 Å². The molecule has 0 saturated carbocycles. The number of hydrogen-bond acceptors (Lipinski definition) is 2. The molecule has 0 radical (unpaired) electrons. The third-order valence-electron chi connectivity index (χ3n) is 1.28. The predicted molar refractivity (Wildman–Crippen MR) is 51.8 cm³/mol. The van der Waals surface area contributed by atoms with Crippen molar-refractivity contribution in [3.05, 3.63) is 28.5 Å². The van der Waals surface area contributed by atoms with E-state index in [0.717, 1.165) is 10.2 Å². The lowest BCUT2D eigenvalue weighted by Gasteiger charge is -2.05. The number of nitrogens with zero attached hydrogens (tertiary/aromatic N) is 1. The minimum atomic E-state index is 0. The first-order valence-corrected chi connectivity index (χ1v) is 3.87. The smallest absolute Gasteiger partial charge is 0.110 e. The van der Waals surface area contributed by atoms with Gasteiger partial charge in [0.25, 0.3) is 0 Å². The zero-order valence-electron chi connectivity index (χ0n) is 6.12. The van der Waals surface area contributed by atoms with Gasteiger partial charge in [-0.15, -0.1) is 12.4 Å². The van der Waals surface area contributed by atoms with Crippen LogP contribution in [0.4, 0.5) is 0 Å². The second-order valence-electron chi connectivity index (χ2n) is 2.17. The zero-order valence-corrected chi connectivity index (χ0v) is 8.52. The topological polar surface area (TPSA) is 38.9 Å². The summed E-state index contributed by atoms with van der Waals surface area (Å²) in [7, 11) is 0. The Labute approximate surface area is 80.7 Å². The fourth-order valence-corrected chi connectivity index (χ4v) is 1.35. The van der Waals surface area contributed by atoms with Crippen LogP contribution in [0.25, 0.3) is 0 Å². The summed E-state index contributed by atoms with van der Waals surface area (Å²) in [4.78, 5) is 4.04. The van der Waals surface area contributed by atoms with Crippen LogP contribution in [-0.4, -0.2) is 4.98 Å². The van der Waals surface area contributed by atoms with Crippen LogP contribution in [0.15, 0.2) is 22.9 Å². The first-order chi connectivity index (χ1) is 4.72. The molecule has 1 atom stereocenters. The molecular weight excluding hydrogens is 227 g/mol. The largest absolute Gasteiger partial charge is 0.324 e. The second-order valence-corrected chi connectivity index (χ2v) is 2.92. The van der Waals surface area contributed by atoms with Crippen molar-refractivity contribution in [3.8, 4) is 0 Å². The molecular formula is C7H10BrClN2. The molecule has 1 aromatic heterocycles. The van der Waals surface area contributed by atoms with Gasteiger partial charge in [0.2, 0.25) is 0 Å². The summed E-state index contributed by atoms with van der Waals surface area (Å²) >= 11 is 3.31. The van der Waals surface area contributed by atoms with E-state index in [2.05, 4.69) is 20.9 Å². The molecule has 0 bridgehead atoms.